The van der Waals surface area contributed by atoms with Crippen LogP contribution >= 0.6 is 11.6 Å². The van der Waals surface area contributed by atoms with E-state index in [9.17, 15) is 4.39 Å². The summed E-state index contributed by atoms with van der Waals surface area (Å²) in [6, 6.07) is 5.28. The highest BCUT2D eigenvalue weighted by Gasteiger charge is 2.38. The highest BCUT2D eigenvalue weighted by atomic mass is 35.5. The molecule has 21 heavy (non-hydrogen) atoms. The molecule has 4 heteroatoms. The molecule has 1 spiro atoms. The quantitative estimate of drug-likeness (QED) is 0.889. The Balaban J connectivity index is 1.75. The van der Waals surface area contributed by atoms with Crippen molar-refractivity contribution in [2.45, 2.75) is 57.2 Å². The third-order valence-corrected chi connectivity index (χ3v) is 5.33. The zero-order valence-corrected chi connectivity index (χ0v) is 13.4. The molecule has 1 atom stereocenters. The Bertz CT molecular complexity index is 500. The van der Waals surface area contributed by atoms with Gasteiger partial charge in [0.25, 0.3) is 0 Å². The van der Waals surface area contributed by atoms with Gasteiger partial charge in [0.05, 0.1) is 0 Å². The van der Waals surface area contributed by atoms with Crippen LogP contribution in [-0.2, 0) is 6.54 Å². The normalized spacial score (nSPS) is 26.1. The smallest absolute Gasteiger partial charge is 0.127 e. The average molecular weight is 311 g/mol. The predicted molar refractivity (Wildman–Crippen MR) is 85.1 cm³/mol. The fourth-order valence-corrected chi connectivity index (χ4v) is 3.95. The van der Waals surface area contributed by atoms with Crippen molar-refractivity contribution >= 4 is 11.6 Å². The van der Waals surface area contributed by atoms with Crippen molar-refractivity contribution in [1.29, 1.82) is 0 Å². The van der Waals surface area contributed by atoms with Gasteiger partial charge in [0.15, 0.2) is 0 Å². The molecule has 1 N–H and O–H groups in total. The first kappa shape index (κ1) is 15.3. The van der Waals surface area contributed by atoms with E-state index in [1.165, 1.54) is 38.2 Å². The van der Waals surface area contributed by atoms with E-state index in [0.29, 0.717) is 23.2 Å². The summed E-state index contributed by atoms with van der Waals surface area (Å²) in [6.45, 7) is 4.87. The summed E-state index contributed by atoms with van der Waals surface area (Å²) in [5, 5.41) is 4.38. The first-order valence-electron chi connectivity index (χ1n) is 8.01. The van der Waals surface area contributed by atoms with Crippen LogP contribution in [0, 0.1) is 5.82 Å². The number of rotatable bonds is 2. The van der Waals surface area contributed by atoms with Crippen molar-refractivity contribution in [1.82, 2.24) is 10.2 Å². The molecule has 2 aliphatic rings. The largest absolute Gasteiger partial charge is 0.308 e. The summed E-state index contributed by atoms with van der Waals surface area (Å²) in [4.78, 5) is 2.41. The molecule has 0 bridgehead atoms. The minimum absolute atomic E-state index is 0.150. The molecular formula is C17H24ClFN2. The van der Waals surface area contributed by atoms with Gasteiger partial charge < -0.3 is 5.32 Å². The van der Waals surface area contributed by atoms with Crippen LogP contribution in [0.1, 0.15) is 44.6 Å². The summed E-state index contributed by atoms with van der Waals surface area (Å²) in [6.07, 6.45) is 6.45. The number of nitrogens with zero attached hydrogens (tertiary/aromatic N) is 1. The highest BCUT2D eigenvalue weighted by molar-refractivity contribution is 6.30. The van der Waals surface area contributed by atoms with Gasteiger partial charge >= 0.3 is 0 Å². The SMILES string of the molecule is CC1CNC2(CCCCC2)CN1Cc1cc(Cl)ccc1F. The summed E-state index contributed by atoms with van der Waals surface area (Å²) < 4.78 is 14.0. The molecule has 0 amide bonds. The molecule has 1 saturated carbocycles. The molecule has 1 unspecified atom stereocenters. The maximum absolute atomic E-state index is 14.0. The van der Waals surface area contributed by atoms with Gasteiger partial charge in [0.2, 0.25) is 0 Å². The molecular weight excluding hydrogens is 287 g/mol. The standard InChI is InChI=1S/C17H24ClFN2/c1-13-10-20-17(7-3-2-4-8-17)12-21(13)11-14-9-15(18)5-6-16(14)19/h5-6,9,13,20H,2-4,7-8,10-12H2,1H3. The Hall–Kier alpha value is -0.640. The van der Waals surface area contributed by atoms with Crippen LogP contribution < -0.4 is 5.32 Å². The van der Waals surface area contributed by atoms with E-state index in [2.05, 4.69) is 17.1 Å². The molecule has 2 fully saturated rings. The van der Waals surface area contributed by atoms with E-state index in [0.717, 1.165) is 13.1 Å². The van der Waals surface area contributed by atoms with E-state index in [4.69, 9.17) is 11.6 Å². The predicted octanol–water partition coefficient (Wildman–Crippen LogP) is 3.98. The van der Waals surface area contributed by atoms with Crippen LogP contribution in [-0.4, -0.2) is 29.6 Å². The summed E-state index contributed by atoms with van der Waals surface area (Å²) in [5.41, 5.74) is 0.960. The minimum Gasteiger partial charge on any atom is -0.308 e. The van der Waals surface area contributed by atoms with Gasteiger partial charge in [-0.25, -0.2) is 4.39 Å². The zero-order chi connectivity index (χ0) is 14.9. The molecule has 1 aromatic carbocycles. The van der Waals surface area contributed by atoms with Crippen LogP contribution in [0.3, 0.4) is 0 Å². The fourth-order valence-electron chi connectivity index (χ4n) is 3.75. The van der Waals surface area contributed by atoms with Gasteiger partial charge in [-0.15, -0.1) is 0 Å². The van der Waals surface area contributed by atoms with Crippen molar-refractivity contribution in [2.24, 2.45) is 0 Å². The molecule has 0 radical (unpaired) electrons. The second-order valence-corrected chi connectivity index (χ2v) is 7.15. The van der Waals surface area contributed by atoms with Gasteiger partial charge in [0.1, 0.15) is 5.82 Å². The van der Waals surface area contributed by atoms with E-state index in [1.54, 1.807) is 12.1 Å². The van der Waals surface area contributed by atoms with Crippen LogP contribution in [0.25, 0.3) is 0 Å². The second-order valence-electron chi connectivity index (χ2n) is 6.71. The van der Waals surface area contributed by atoms with Crippen LogP contribution in [0.4, 0.5) is 4.39 Å². The minimum atomic E-state index is -0.150. The first-order valence-corrected chi connectivity index (χ1v) is 8.39. The number of hydrogen-bond donors (Lipinski definition) is 1. The van der Waals surface area contributed by atoms with E-state index < -0.39 is 0 Å². The van der Waals surface area contributed by atoms with Crippen molar-refractivity contribution in [2.75, 3.05) is 13.1 Å². The van der Waals surface area contributed by atoms with Gasteiger partial charge in [-0.3, -0.25) is 4.90 Å². The van der Waals surface area contributed by atoms with Crippen LogP contribution in [0.15, 0.2) is 18.2 Å². The highest BCUT2D eigenvalue weighted by Crippen LogP contribution is 2.32. The van der Waals surface area contributed by atoms with Crippen LogP contribution in [0.5, 0.6) is 0 Å². The van der Waals surface area contributed by atoms with Crippen molar-refractivity contribution < 1.29 is 4.39 Å². The first-order chi connectivity index (χ1) is 10.1. The number of nitrogens with one attached hydrogen (secondary N) is 1. The molecule has 2 nitrogen and oxygen atoms in total. The lowest BCUT2D eigenvalue weighted by Gasteiger charge is -2.49. The molecule has 1 heterocycles. The molecule has 0 aromatic heterocycles. The Morgan fingerprint density at radius 3 is 2.86 bits per heavy atom. The molecule has 1 aliphatic carbocycles. The zero-order valence-electron chi connectivity index (χ0n) is 12.7. The lowest BCUT2D eigenvalue weighted by atomic mass is 9.79. The number of hydrogen-bond acceptors (Lipinski definition) is 2. The molecule has 1 aromatic rings. The summed E-state index contributed by atoms with van der Waals surface area (Å²) in [5.74, 6) is -0.150. The number of piperazine rings is 1. The van der Waals surface area contributed by atoms with Crippen molar-refractivity contribution in [3.63, 3.8) is 0 Å². The lowest BCUT2D eigenvalue weighted by molar-refractivity contribution is 0.0565. The molecule has 3 rings (SSSR count). The van der Waals surface area contributed by atoms with Crippen molar-refractivity contribution in [3.8, 4) is 0 Å². The second kappa shape index (κ2) is 6.23. The summed E-state index contributed by atoms with van der Waals surface area (Å²) >= 11 is 6.02. The molecule has 1 saturated heterocycles. The van der Waals surface area contributed by atoms with E-state index in [1.807, 2.05) is 0 Å². The third kappa shape index (κ3) is 3.41. The topological polar surface area (TPSA) is 15.3 Å². The van der Waals surface area contributed by atoms with Gasteiger partial charge in [-0.2, -0.15) is 0 Å². The Morgan fingerprint density at radius 1 is 1.33 bits per heavy atom. The van der Waals surface area contributed by atoms with Crippen LogP contribution in [0.2, 0.25) is 5.02 Å². The number of benzene rings is 1. The Kier molecular flexibility index (Phi) is 4.53. The summed E-state index contributed by atoms with van der Waals surface area (Å²) in [7, 11) is 0. The number of halogens is 2. The maximum atomic E-state index is 14.0. The Morgan fingerprint density at radius 2 is 2.10 bits per heavy atom. The van der Waals surface area contributed by atoms with Gasteiger partial charge in [0, 0.05) is 41.8 Å². The van der Waals surface area contributed by atoms with E-state index in [-0.39, 0.29) is 11.4 Å². The average Bonchev–Trinajstić information content (AvgIpc) is 2.48. The molecule has 1 aliphatic heterocycles. The third-order valence-electron chi connectivity index (χ3n) is 5.09. The maximum Gasteiger partial charge on any atom is 0.127 e. The van der Waals surface area contributed by atoms with E-state index >= 15 is 0 Å². The van der Waals surface area contributed by atoms with Gasteiger partial charge in [-0.1, -0.05) is 30.9 Å². The lowest BCUT2D eigenvalue weighted by Crippen LogP contribution is -2.63. The monoisotopic (exact) mass is 310 g/mol. The van der Waals surface area contributed by atoms with Crippen molar-refractivity contribution in [3.05, 3.63) is 34.6 Å². The fraction of sp³-hybridized carbons (Fsp3) is 0.647. The Labute approximate surface area is 131 Å². The molecule has 116 valence electrons. The van der Waals surface area contributed by atoms with Gasteiger partial charge in [-0.05, 0) is 38.0 Å².